The van der Waals surface area contributed by atoms with E-state index in [4.69, 9.17) is 21.1 Å². The lowest BCUT2D eigenvalue weighted by atomic mass is 10.1. The van der Waals surface area contributed by atoms with E-state index in [9.17, 15) is 9.59 Å². The predicted octanol–water partition coefficient (Wildman–Crippen LogP) is 6.40. The molecule has 1 heterocycles. The van der Waals surface area contributed by atoms with E-state index >= 15 is 0 Å². The molecule has 0 fully saturated rings. The molecule has 2 amide bonds. The smallest absolute Gasteiger partial charge is 0.414 e. The molecule has 2 aromatic rings. The van der Waals surface area contributed by atoms with Gasteiger partial charge in [-0.25, -0.2) is 14.6 Å². The van der Waals surface area contributed by atoms with Gasteiger partial charge in [0.05, 0.1) is 11.4 Å². The molecule has 1 aromatic carbocycles. The van der Waals surface area contributed by atoms with Gasteiger partial charge in [-0.2, -0.15) is 0 Å². The summed E-state index contributed by atoms with van der Waals surface area (Å²) in [6.07, 6.45) is -0.363. The van der Waals surface area contributed by atoms with Crippen LogP contribution in [-0.2, 0) is 9.47 Å². The summed E-state index contributed by atoms with van der Waals surface area (Å²) in [7, 11) is 1.68. The number of ether oxygens (including phenoxy) is 2. The molecule has 33 heavy (non-hydrogen) atoms. The van der Waals surface area contributed by atoms with Gasteiger partial charge in [-0.15, -0.1) is 0 Å². The van der Waals surface area contributed by atoms with Gasteiger partial charge in [-0.3, -0.25) is 4.90 Å². The van der Waals surface area contributed by atoms with Crippen molar-refractivity contribution < 1.29 is 19.1 Å². The minimum Gasteiger partial charge on any atom is -0.444 e. The summed E-state index contributed by atoms with van der Waals surface area (Å²) < 4.78 is 11.1. The minimum atomic E-state index is -0.661. The number of halogens is 1. The van der Waals surface area contributed by atoms with Crippen LogP contribution in [0.1, 0.15) is 48.0 Å². The summed E-state index contributed by atoms with van der Waals surface area (Å²) >= 11 is 6.10. The Morgan fingerprint density at radius 2 is 1.48 bits per heavy atom. The second kappa shape index (κ2) is 10.9. The van der Waals surface area contributed by atoms with Crippen LogP contribution >= 0.6 is 11.6 Å². The zero-order chi connectivity index (χ0) is 24.8. The van der Waals surface area contributed by atoms with E-state index in [-0.39, 0.29) is 0 Å². The lowest BCUT2D eigenvalue weighted by molar-refractivity contribution is 0.0298. The first-order valence-electron chi connectivity index (χ1n) is 10.9. The lowest BCUT2D eigenvalue weighted by Crippen LogP contribution is -2.40. The first kappa shape index (κ1) is 26.5. The molecule has 0 saturated carbocycles. The third-order valence-corrected chi connectivity index (χ3v) is 4.59. The number of benzene rings is 1. The average molecular weight is 476 g/mol. The number of carbonyl (C=O) groups is 2. The Labute approximate surface area is 201 Å². The molecule has 0 bridgehead atoms. The van der Waals surface area contributed by atoms with E-state index < -0.39 is 23.4 Å². The van der Waals surface area contributed by atoms with E-state index in [2.05, 4.69) is 4.98 Å². The Morgan fingerprint density at radius 3 is 2.09 bits per heavy atom. The van der Waals surface area contributed by atoms with Crippen molar-refractivity contribution in [3.05, 3.63) is 47.6 Å². The second-order valence-corrected chi connectivity index (χ2v) is 10.1. The molecule has 1 aromatic heterocycles. The molecule has 7 nitrogen and oxygen atoms in total. The van der Waals surface area contributed by atoms with E-state index in [0.717, 1.165) is 5.56 Å². The Morgan fingerprint density at radius 1 is 0.879 bits per heavy atom. The number of nitrogens with zero attached hydrogens (tertiary/aromatic N) is 3. The molecule has 0 aliphatic heterocycles. The molecule has 0 aliphatic carbocycles. The van der Waals surface area contributed by atoms with Crippen molar-refractivity contribution in [3.8, 4) is 11.3 Å². The van der Waals surface area contributed by atoms with Gasteiger partial charge in [-0.05, 0) is 66.2 Å². The highest BCUT2D eigenvalue weighted by Crippen LogP contribution is 2.31. The van der Waals surface area contributed by atoms with Crippen LogP contribution in [-0.4, -0.2) is 53.4 Å². The molecule has 0 N–H and O–H groups in total. The van der Waals surface area contributed by atoms with Crippen LogP contribution in [0, 0.1) is 0 Å². The number of carbonyl (C=O) groups excluding carboxylic acids is 2. The number of anilines is 1. The zero-order valence-electron chi connectivity index (χ0n) is 20.5. The van der Waals surface area contributed by atoms with E-state index in [1.165, 1.54) is 4.90 Å². The maximum atomic E-state index is 13.2. The van der Waals surface area contributed by atoms with Crippen molar-refractivity contribution in [2.24, 2.45) is 0 Å². The van der Waals surface area contributed by atoms with Gasteiger partial charge < -0.3 is 14.4 Å². The number of pyridine rings is 1. The molecule has 180 valence electrons. The molecular weight excluding hydrogens is 442 g/mol. The summed E-state index contributed by atoms with van der Waals surface area (Å²) in [5, 5.41) is 0.366. The number of aromatic nitrogens is 1. The van der Waals surface area contributed by atoms with Crippen molar-refractivity contribution >= 4 is 29.5 Å². The summed E-state index contributed by atoms with van der Waals surface area (Å²) in [6, 6.07) is 12.8. The molecule has 0 saturated heterocycles. The molecule has 8 heteroatoms. The Kier molecular flexibility index (Phi) is 8.72. The van der Waals surface area contributed by atoms with Crippen LogP contribution in [0.15, 0.2) is 42.5 Å². The summed E-state index contributed by atoms with van der Waals surface area (Å²) in [6.45, 7) is 11.7. The van der Waals surface area contributed by atoms with E-state index in [1.807, 2.05) is 77.9 Å². The topological polar surface area (TPSA) is 72.0 Å². The van der Waals surface area contributed by atoms with E-state index in [0.29, 0.717) is 36.0 Å². The maximum Gasteiger partial charge on any atom is 0.414 e. The van der Waals surface area contributed by atoms with Crippen LogP contribution in [0.3, 0.4) is 0 Å². The fraction of sp³-hybridized carbons (Fsp3) is 0.480. The summed E-state index contributed by atoms with van der Waals surface area (Å²) in [4.78, 5) is 32.9. The van der Waals surface area contributed by atoms with Crippen LogP contribution in [0.4, 0.5) is 15.3 Å². The van der Waals surface area contributed by atoms with Crippen molar-refractivity contribution in [2.45, 2.75) is 59.2 Å². The molecule has 0 aliphatic rings. The van der Waals surface area contributed by atoms with Crippen LogP contribution in [0.2, 0.25) is 5.15 Å². The third kappa shape index (κ3) is 8.57. The number of amides is 2. The van der Waals surface area contributed by atoms with Gasteiger partial charge in [0, 0.05) is 25.7 Å². The first-order valence-corrected chi connectivity index (χ1v) is 11.3. The van der Waals surface area contributed by atoms with Crippen LogP contribution < -0.4 is 4.90 Å². The fourth-order valence-corrected chi connectivity index (χ4v) is 3.17. The lowest BCUT2D eigenvalue weighted by Gasteiger charge is -2.29. The Bertz CT molecular complexity index is 967. The average Bonchev–Trinajstić information content (AvgIpc) is 2.68. The van der Waals surface area contributed by atoms with Gasteiger partial charge in [0.15, 0.2) is 0 Å². The zero-order valence-corrected chi connectivity index (χ0v) is 21.3. The number of hydrogen-bond acceptors (Lipinski definition) is 5. The number of para-hydroxylation sites is 1. The third-order valence-electron chi connectivity index (χ3n) is 4.38. The Balaban J connectivity index is 2.28. The van der Waals surface area contributed by atoms with Crippen LogP contribution in [0.5, 0.6) is 0 Å². The van der Waals surface area contributed by atoms with Gasteiger partial charge in [0.25, 0.3) is 0 Å². The van der Waals surface area contributed by atoms with Crippen molar-refractivity contribution in [1.82, 2.24) is 9.88 Å². The Hall–Kier alpha value is -2.80. The molecule has 0 spiro atoms. The SMILES string of the molecule is CN(CCCN(C(=O)OC(C)(C)C)c1ccccc1-c1cccc(Cl)n1)C(=O)OC(C)(C)C. The van der Waals surface area contributed by atoms with E-state index in [1.54, 1.807) is 18.0 Å². The monoisotopic (exact) mass is 475 g/mol. The largest absolute Gasteiger partial charge is 0.444 e. The quantitative estimate of drug-likeness (QED) is 0.452. The van der Waals surface area contributed by atoms with Crippen molar-refractivity contribution in [1.29, 1.82) is 0 Å². The maximum absolute atomic E-state index is 13.2. The second-order valence-electron chi connectivity index (χ2n) is 9.75. The van der Waals surface area contributed by atoms with Crippen molar-refractivity contribution in [2.75, 3.05) is 25.0 Å². The molecule has 0 radical (unpaired) electrons. The highest BCUT2D eigenvalue weighted by atomic mass is 35.5. The van der Waals surface area contributed by atoms with Gasteiger partial charge in [-0.1, -0.05) is 35.9 Å². The van der Waals surface area contributed by atoms with Crippen LogP contribution in [0.25, 0.3) is 11.3 Å². The molecule has 0 atom stereocenters. The normalized spacial score (nSPS) is 11.6. The summed E-state index contributed by atoms with van der Waals surface area (Å²) in [5.74, 6) is 0. The highest BCUT2D eigenvalue weighted by molar-refractivity contribution is 6.29. The number of rotatable bonds is 6. The number of hydrogen-bond donors (Lipinski definition) is 0. The fourth-order valence-electron chi connectivity index (χ4n) is 3.01. The van der Waals surface area contributed by atoms with Crippen molar-refractivity contribution in [3.63, 3.8) is 0 Å². The van der Waals surface area contributed by atoms with Gasteiger partial charge in [0.2, 0.25) is 0 Å². The molecular formula is C25H34ClN3O4. The minimum absolute atomic E-state index is 0.333. The van der Waals surface area contributed by atoms with Gasteiger partial charge in [0.1, 0.15) is 16.4 Å². The molecule has 2 rings (SSSR count). The standard InChI is InChI=1S/C25H34ClN3O4/c1-24(2,3)32-22(30)28(7)16-11-17-29(23(31)33-25(4,5)6)20-14-9-8-12-18(20)19-13-10-15-21(26)27-19/h8-10,12-15H,11,16-17H2,1-7H3. The molecule has 0 unspecified atom stereocenters. The highest BCUT2D eigenvalue weighted by Gasteiger charge is 2.26. The predicted molar refractivity (Wildman–Crippen MR) is 132 cm³/mol. The summed E-state index contributed by atoms with van der Waals surface area (Å²) in [5.41, 5.74) is 0.827. The first-order chi connectivity index (χ1) is 15.3. The van der Waals surface area contributed by atoms with Gasteiger partial charge >= 0.3 is 12.2 Å².